The minimum atomic E-state index is -0.0773. The first-order chi connectivity index (χ1) is 8.02. The van der Waals surface area contributed by atoms with Gasteiger partial charge in [0.05, 0.1) is 0 Å². The Labute approximate surface area is 101 Å². The maximum Gasteiger partial charge on any atom is 0.165 e. The normalized spacial score (nSPS) is 10.5. The summed E-state index contributed by atoms with van der Waals surface area (Å²) in [6.07, 6.45) is 0. The monoisotopic (exact) mass is 228 g/mol. The lowest BCUT2D eigenvalue weighted by Crippen LogP contribution is -1.90. The molecule has 0 unspecified atom stereocenters. The van der Waals surface area contributed by atoms with E-state index in [9.17, 15) is 10.2 Å². The van der Waals surface area contributed by atoms with E-state index in [0.29, 0.717) is 5.56 Å². The van der Waals surface area contributed by atoms with Gasteiger partial charge in [0.2, 0.25) is 0 Å². The van der Waals surface area contributed by atoms with Crippen LogP contribution in [0.3, 0.4) is 0 Å². The van der Waals surface area contributed by atoms with E-state index in [1.807, 2.05) is 45.0 Å². The molecule has 2 nitrogen and oxygen atoms in total. The maximum atomic E-state index is 10.00. The quantitative estimate of drug-likeness (QED) is 0.731. The fourth-order valence-corrected chi connectivity index (χ4v) is 2.04. The Morgan fingerprint density at radius 2 is 1.53 bits per heavy atom. The Bertz CT molecular complexity index is 571. The average Bonchev–Trinajstić information content (AvgIpc) is 2.30. The topological polar surface area (TPSA) is 40.5 Å². The molecule has 0 fully saturated rings. The predicted octanol–water partition coefficient (Wildman–Crippen LogP) is 3.69. The van der Waals surface area contributed by atoms with Crippen molar-refractivity contribution in [2.24, 2.45) is 0 Å². The van der Waals surface area contributed by atoms with Crippen molar-refractivity contribution in [3.63, 3.8) is 0 Å². The lowest BCUT2D eigenvalue weighted by atomic mass is 9.93. The first kappa shape index (κ1) is 11.5. The molecule has 0 aliphatic rings. The molecule has 0 heterocycles. The smallest absolute Gasteiger partial charge is 0.165 e. The van der Waals surface area contributed by atoms with Crippen molar-refractivity contribution in [2.45, 2.75) is 20.8 Å². The summed E-state index contributed by atoms with van der Waals surface area (Å²) in [5.74, 6) is -0.120. The molecule has 88 valence electrons. The molecule has 2 rings (SSSR count). The van der Waals surface area contributed by atoms with Gasteiger partial charge in [-0.3, -0.25) is 0 Å². The van der Waals surface area contributed by atoms with Gasteiger partial charge in [-0.15, -0.1) is 0 Å². The Balaban J connectivity index is 2.77. The number of aryl methyl sites for hydroxylation is 2. The molecule has 0 radical (unpaired) electrons. The molecule has 2 heteroatoms. The van der Waals surface area contributed by atoms with E-state index in [4.69, 9.17) is 0 Å². The average molecular weight is 228 g/mol. The first-order valence-corrected chi connectivity index (χ1v) is 5.60. The lowest BCUT2D eigenvalue weighted by molar-refractivity contribution is 0.405. The summed E-state index contributed by atoms with van der Waals surface area (Å²) in [6.45, 7) is 5.98. The summed E-state index contributed by atoms with van der Waals surface area (Å²) < 4.78 is 0. The van der Waals surface area contributed by atoms with Gasteiger partial charge in [-0.2, -0.15) is 0 Å². The second-order valence-electron chi connectivity index (χ2n) is 4.37. The number of benzene rings is 2. The van der Waals surface area contributed by atoms with Crippen molar-refractivity contribution in [3.8, 4) is 22.6 Å². The van der Waals surface area contributed by atoms with E-state index in [2.05, 4.69) is 0 Å². The maximum absolute atomic E-state index is 10.00. The summed E-state index contributed by atoms with van der Waals surface area (Å²) in [4.78, 5) is 0. The molecule has 0 saturated heterocycles. The Morgan fingerprint density at radius 1 is 0.824 bits per heavy atom. The third-order valence-electron chi connectivity index (χ3n) is 3.24. The number of hydrogen-bond donors (Lipinski definition) is 2. The molecule has 0 saturated carbocycles. The van der Waals surface area contributed by atoms with Crippen LogP contribution in [0.4, 0.5) is 0 Å². The Hall–Kier alpha value is -1.96. The second kappa shape index (κ2) is 4.13. The summed E-state index contributed by atoms with van der Waals surface area (Å²) >= 11 is 0. The molecule has 17 heavy (non-hydrogen) atoms. The zero-order valence-electron chi connectivity index (χ0n) is 10.3. The van der Waals surface area contributed by atoms with Crippen LogP contribution in [-0.4, -0.2) is 10.2 Å². The van der Waals surface area contributed by atoms with E-state index in [1.165, 1.54) is 11.6 Å². The lowest BCUT2D eigenvalue weighted by Gasteiger charge is -2.13. The standard InChI is InChI=1S/C15H16O2/c1-9-5-4-6-12(11(9)3)14-10(2)7-8-13(16)15(14)17/h4-8,16-17H,1-3H3. The van der Waals surface area contributed by atoms with Gasteiger partial charge >= 0.3 is 0 Å². The van der Waals surface area contributed by atoms with E-state index < -0.39 is 0 Å². The SMILES string of the molecule is Cc1cccc(-c2c(C)ccc(O)c2O)c1C. The summed E-state index contributed by atoms with van der Waals surface area (Å²) in [5.41, 5.74) is 4.93. The fourth-order valence-electron chi connectivity index (χ4n) is 2.04. The van der Waals surface area contributed by atoms with E-state index in [-0.39, 0.29) is 11.5 Å². The Kier molecular flexibility index (Phi) is 2.80. The fraction of sp³-hybridized carbons (Fsp3) is 0.200. The molecule has 0 bridgehead atoms. The predicted molar refractivity (Wildman–Crippen MR) is 69.4 cm³/mol. The molecule has 0 aliphatic carbocycles. The van der Waals surface area contributed by atoms with Crippen LogP contribution in [-0.2, 0) is 0 Å². The van der Waals surface area contributed by atoms with Gasteiger partial charge in [-0.1, -0.05) is 24.3 Å². The molecular weight excluding hydrogens is 212 g/mol. The van der Waals surface area contributed by atoms with Crippen LogP contribution in [0.15, 0.2) is 30.3 Å². The van der Waals surface area contributed by atoms with E-state index >= 15 is 0 Å². The van der Waals surface area contributed by atoms with Crippen LogP contribution in [0, 0.1) is 20.8 Å². The molecular formula is C15H16O2. The van der Waals surface area contributed by atoms with Gasteiger partial charge in [0.15, 0.2) is 11.5 Å². The zero-order chi connectivity index (χ0) is 12.6. The van der Waals surface area contributed by atoms with Crippen molar-refractivity contribution in [2.75, 3.05) is 0 Å². The second-order valence-corrected chi connectivity index (χ2v) is 4.37. The van der Waals surface area contributed by atoms with Crippen molar-refractivity contribution in [1.82, 2.24) is 0 Å². The van der Waals surface area contributed by atoms with Crippen LogP contribution in [0.1, 0.15) is 16.7 Å². The Morgan fingerprint density at radius 3 is 2.24 bits per heavy atom. The molecule has 0 spiro atoms. The minimum absolute atomic E-state index is 0.0429. The molecule has 2 aromatic rings. The van der Waals surface area contributed by atoms with Crippen molar-refractivity contribution >= 4 is 0 Å². The molecule has 0 amide bonds. The van der Waals surface area contributed by atoms with Gasteiger partial charge in [-0.25, -0.2) is 0 Å². The highest BCUT2D eigenvalue weighted by Gasteiger charge is 2.14. The highest BCUT2D eigenvalue weighted by atomic mass is 16.3. The van der Waals surface area contributed by atoms with Crippen LogP contribution in [0.2, 0.25) is 0 Å². The molecule has 0 atom stereocenters. The third kappa shape index (κ3) is 1.86. The number of hydrogen-bond acceptors (Lipinski definition) is 2. The highest BCUT2D eigenvalue weighted by molar-refractivity contribution is 5.79. The van der Waals surface area contributed by atoms with Crippen LogP contribution in [0.5, 0.6) is 11.5 Å². The van der Waals surface area contributed by atoms with Crippen molar-refractivity contribution < 1.29 is 10.2 Å². The number of phenolic OH excluding ortho intramolecular Hbond substituents is 2. The molecule has 2 aromatic carbocycles. The highest BCUT2D eigenvalue weighted by Crippen LogP contribution is 2.40. The summed E-state index contributed by atoms with van der Waals surface area (Å²) in [7, 11) is 0. The van der Waals surface area contributed by atoms with E-state index in [0.717, 1.165) is 16.7 Å². The largest absolute Gasteiger partial charge is 0.504 e. The first-order valence-electron chi connectivity index (χ1n) is 5.60. The van der Waals surface area contributed by atoms with Crippen LogP contribution < -0.4 is 0 Å². The molecule has 0 aromatic heterocycles. The van der Waals surface area contributed by atoms with Gasteiger partial charge < -0.3 is 10.2 Å². The van der Waals surface area contributed by atoms with Crippen molar-refractivity contribution in [3.05, 3.63) is 47.0 Å². The minimum Gasteiger partial charge on any atom is -0.504 e. The van der Waals surface area contributed by atoms with Gasteiger partial charge in [0, 0.05) is 5.56 Å². The van der Waals surface area contributed by atoms with Gasteiger partial charge in [0.1, 0.15) is 0 Å². The van der Waals surface area contributed by atoms with Crippen molar-refractivity contribution in [1.29, 1.82) is 0 Å². The molecule has 0 aliphatic heterocycles. The summed E-state index contributed by atoms with van der Waals surface area (Å²) in [5, 5.41) is 19.6. The number of aromatic hydroxyl groups is 2. The van der Waals surface area contributed by atoms with Gasteiger partial charge in [0.25, 0.3) is 0 Å². The summed E-state index contributed by atoms with van der Waals surface area (Å²) in [6, 6.07) is 9.28. The molecule has 2 N–H and O–H groups in total. The van der Waals surface area contributed by atoms with Crippen LogP contribution >= 0.6 is 0 Å². The third-order valence-corrected chi connectivity index (χ3v) is 3.24. The van der Waals surface area contributed by atoms with E-state index in [1.54, 1.807) is 0 Å². The number of rotatable bonds is 1. The number of phenols is 2. The van der Waals surface area contributed by atoms with Gasteiger partial charge in [-0.05, 0) is 49.1 Å². The van der Waals surface area contributed by atoms with Crippen LogP contribution in [0.25, 0.3) is 11.1 Å². The zero-order valence-corrected chi connectivity index (χ0v) is 10.3.